The fourth-order valence-corrected chi connectivity index (χ4v) is 4.12. The molecule has 1 aromatic heterocycles. The molecule has 0 radical (unpaired) electrons. The number of nitrogen functional groups attached to an aromatic ring is 1. The molecule has 27 heavy (non-hydrogen) atoms. The van der Waals surface area contributed by atoms with Crippen molar-refractivity contribution in [2.45, 2.75) is 71.3 Å². The largest absolute Gasteiger partial charge is 0.463 e. The van der Waals surface area contributed by atoms with Crippen LogP contribution in [0.3, 0.4) is 0 Å². The fourth-order valence-electron chi connectivity index (χ4n) is 4.12. The van der Waals surface area contributed by atoms with Gasteiger partial charge in [0, 0.05) is 18.2 Å². The molecule has 1 amide bonds. The molecule has 3 rings (SSSR count). The van der Waals surface area contributed by atoms with Crippen LogP contribution in [0.1, 0.15) is 64.4 Å². The number of hydrogen-bond acceptors (Lipinski definition) is 6. The van der Waals surface area contributed by atoms with E-state index in [0.29, 0.717) is 37.3 Å². The van der Waals surface area contributed by atoms with Gasteiger partial charge in [0.2, 0.25) is 5.91 Å². The number of nitrogens with zero attached hydrogens (tertiary/aromatic N) is 4. The summed E-state index contributed by atoms with van der Waals surface area (Å²) in [7, 11) is 0. The first-order valence-electron chi connectivity index (χ1n) is 10.5. The summed E-state index contributed by atoms with van der Waals surface area (Å²) in [6.45, 7) is 7.90. The minimum Gasteiger partial charge on any atom is -0.463 e. The van der Waals surface area contributed by atoms with Crippen LogP contribution < -0.4 is 15.4 Å². The zero-order valence-corrected chi connectivity index (χ0v) is 16.7. The maximum Gasteiger partial charge on any atom is 0.320 e. The van der Waals surface area contributed by atoms with Gasteiger partial charge in [0.15, 0.2) is 0 Å². The van der Waals surface area contributed by atoms with Gasteiger partial charge in [0.05, 0.1) is 13.0 Å². The van der Waals surface area contributed by atoms with Gasteiger partial charge in [-0.3, -0.25) is 9.69 Å². The number of amides is 1. The predicted molar refractivity (Wildman–Crippen MR) is 107 cm³/mol. The van der Waals surface area contributed by atoms with E-state index in [9.17, 15) is 4.79 Å². The lowest BCUT2D eigenvalue weighted by molar-refractivity contribution is -0.117. The molecule has 1 unspecified atom stereocenters. The van der Waals surface area contributed by atoms with Gasteiger partial charge in [0.25, 0.3) is 0 Å². The van der Waals surface area contributed by atoms with Gasteiger partial charge in [-0.15, -0.1) is 0 Å². The van der Waals surface area contributed by atoms with E-state index < -0.39 is 0 Å². The molecule has 0 aromatic carbocycles. The van der Waals surface area contributed by atoms with Crippen molar-refractivity contribution in [3.8, 4) is 6.01 Å². The lowest BCUT2D eigenvalue weighted by atomic mass is 9.98. The molecule has 0 spiro atoms. The first-order valence-corrected chi connectivity index (χ1v) is 10.5. The summed E-state index contributed by atoms with van der Waals surface area (Å²) in [5, 5.41) is 0. The van der Waals surface area contributed by atoms with Gasteiger partial charge >= 0.3 is 6.01 Å². The Morgan fingerprint density at radius 2 is 2.07 bits per heavy atom. The van der Waals surface area contributed by atoms with Crippen LogP contribution in [0.2, 0.25) is 0 Å². The first-order chi connectivity index (χ1) is 13.1. The molecule has 0 saturated carbocycles. The normalized spacial score (nSPS) is 20.1. The van der Waals surface area contributed by atoms with Crippen LogP contribution >= 0.6 is 0 Å². The van der Waals surface area contributed by atoms with Crippen LogP contribution in [-0.2, 0) is 11.2 Å². The predicted octanol–water partition coefficient (Wildman–Crippen LogP) is 2.78. The second-order valence-electron chi connectivity index (χ2n) is 7.54. The Hall–Kier alpha value is -1.89. The molecule has 1 aromatic rings. The van der Waals surface area contributed by atoms with E-state index in [1.54, 1.807) is 4.90 Å². The number of ether oxygens (including phenoxy) is 1. The zero-order valence-electron chi connectivity index (χ0n) is 16.7. The average Bonchev–Trinajstić information content (AvgIpc) is 2.99. The van der Waals surface area contributed by atoms with E-state index in [0.717, 1.165) is 37.8 Å². The van der Waals surface area contributed by atoms with Crippen molar-refractivity contribution in [2.75, 3.05) is 36.9 Å². The van der Waals surface area contributed by atoms with E-state index in [-0.39, 0.29) is 11.9 Å². The fraction of sp³-hybridized carbons (Fsp3) is 0.750. The second-order valence-corrected chi connectivity index (χ2v) is 7.54. The number of fused-ring (bicyclic) bond motifs is 1. The molecular formula is C20H33N5O2. The lowest BCUT2D eigenvalue weighted by Gasteiger charge is -2.35. The smallest absolute Gasteiger partial charge is 0.320 e. The third-order valence-corrected chi connectivity index (χ3v) is 5.68. The summed E-state index contributed by atoms with van der Waals surface area (Å²) in [4.78, 5) is 25.6. The van der Waals surface area contributed by atoms with Crippen LogP contribution in [0.15, 0.2) is 0 Å². The van der Waals surface area contributed by atoms with Crippen LogP contribution in [-0.4, -0.2) is 53.1 Å². The number of hydrogen-bond donors (Lipinski definition) is 1. The van der Waals surface area contributed by atoms with Gasteiger partial charge in [-0.2, -0.15) is 9.97 Å². The molecule has 1 fully saturated rings. The van der Waals surface area contributed by atoms with E-state index >= 15 is 0 Å². The van der Waals surface area contributed by atoms with Crippen molar-refractivity contribution in [3.63, 3.8) is 0 Å². The van der Waals surface area contributed by atoms with Crippen LogP contribution in [0.25, 0.3) is 0 Å². The zero-order chi connectivity index (χ0) is 19.2. The summed E-state index contributed by atoms with van der Waals surface area (Å²) in [5.74, 6) is 1.08. The van der Waals surface area contributed by atoms with Gasteiger partial charge in [0.1, 0.15) is 11.6 Å². The molecule has 2 aliphatic heterocycles. The molecule has 3 heterocycles. The van der Waals surface area contributed by atoms with Gasteiger partial charge in [-0.25, -0.2) is 0 Å². The summed E-state index contributed by atoms with van der Waals surface area (Å²) in [6.07, 6.45) is 8.26. The maximum atomic E-state index is 12.5. The summed E-state index contributed by atoms with van der Waals surface area (Å²) < 4.78 is 5.62. The van der Waals surface area contributed by atoms with Crippen molar-refractivity contribution in [2.24, 2.45) is 0 Å². The molecule has 7 heteroatoms. The molecule has 7 nitrogen and oxygen atoms in total. The Morgan fingerprint density at radius 3 is 2.85 bits per heavy atom. The van der Waals surface area contributed by atoms with Crippen molar-refractivity contribution in [1.82, 2.24) is 14.9 Å². The van der Waals surface area contributed by atoms with Gasteiger partial charge < -0.3 is 15.4 Å². The first kappa shape index (κ1) is 19.9. The molecule has 0 aliphatic carbocycles. The number of likely N-dealkylation sites (tertiary alicyclic amines) is 1. The number of piperidine rings is 1. The Labute approximate surface area is 162 Å². The maximum absolute atomic E-state index is 12.5. The van der Waals surface area contributed by atoms with Crippen LogP contribution in [0.5, 0.6) is 6.01 Å². The number of unbranched alkanes of at least 4 members (excludes halogenated alkanes) is 1. The Balaban J connectivity index is 1.62. The van der Waals surface area contributed by atoms with Crippen LogP contribution in [0.4, 0.5) is 11.6 Å². The number of carbonyl (C=O) groups excluding carboxylic acids is 1. The minimum absolute atomic E-state index is 0.0627. The number of nitrogens with two attached hydrogens (primary N) is 1. The van der Waals surface area contributed by atoms with Crippen molar-refractivity contribution in [1.29, 1.82) is 0 Å². The third-order valence-electron chi connectivity index (χ3n) is 5.68. The molecule has 150 valence electrons. The summed E-state index contributed by atoms with van der Waals surface area (Å²) in [5.41, 5.74) is 6.81. The molecule has 1 atom stereocenters. The number of rotatable bonds is 9. The SMILES string of the molecule is CCCCOc1nc(N)c2c(n1)N(CCCC1CCCCN1CC)C(=O)C2. The molecule has 0 bridgehead atoms. The van der Waals surface area contributed by atoms with Crippen molar-refractivity contribution >= 4 is 17.5 Å². The highest BCUT2D eigenvalue weighted by Crippen LogP contribution is 2.32. The highest BCUT2D eigenvalue weighted by atomic mass is 16.5. The summed E-state index contributed by atoms with van der Waals surface area (Å²) >= 11 is 0. The van der Waals surface area contributed by atoms with Crippen molar-refractivity contribution < 1.29 is 9.53 Å². The molecule has 1 saturated heterocycles. The lowest BCUT2D eigenvalue weighted by Crippen LogP contribution is -2.40. The number of anilines is 2. The summed E-state index contributed by atoms with van der Waals surface area (Å²) in [6, 6.07) is 0.924. The quantitative estimate of drug-likeness (QED) is 0.668. The van der Waals surface area contributed by atoms with Crippen LogP contribution in [0, 0.1) is 0 Å². The average molecular weight is 376 g/mol. The third kappa shape index (κ3) is 4.69. The monoisotopic (exact) mass is 375 g/mol. The number of carbonyl (C=O) groups is 1. The topological polar surface area (TPSA) is 84.6 Å². The van der Waals surface area contributed by atoms with Crippen molar-refractivity contribution in [3.05, 3.63) is 5.56 Å². The Bertz CT molecular complexity index is 652. The van der Waals surface area contributed by atoms with E-state index in [2.05, 4.69) is 28.7 Å². The minimum atomic E-state index is 0.0627. The van der Waals surface area contributed by atoms with Gasteiger partial charge in [-0.1, -0.05) is 26.7 Å². The van der Waals surface area contributed by atoms with E-state index in [1.165, 1.54) is 25.8 Å². The highest BCUT2D eigenvalue weighted by molar-refractivity contribution is 6.01. The second kappa shape index (κ2) is 9.35. The molecule has 2 N–H and O–H groups in total. The highest BCUT2D eigenvalue weighted by Gasteiger charge is 2.32. The molecule has 2 aliphatic rings. The molecular weight excluding hydrogens is 342 g/mol. The Kier molecular flexibility index (Phi) is 6.88. The Morgan fingerprint density at radius 1 is 1.22 bits per heavy atom. The van der Waals surface area contributed by atoms with Gasteiger partial charge in [-0.05, 0) is 45.2 Å². The van der Waals surface area contributed by atoms with E-state index in [4.69, 9.17) is 10.5 Å². The number of aromatic nitrogens is 2. The standard InChI is InChI=1S/C20H33N5O2/c1-3-5-13-27-20-22-18(21)16-14-17(26)25(19(16)23-20)12-8-10-15-9-6-7-11-24(15)4-2/h15H,3-14H2,1-2H3,(H2,21,22,23). The van der Waals surface area contributed by atoms with E-state index in [1.807, 2.05) is 0 Å².